The van der Waals surface area contributed by atoms with Crippen LogP contribution in [0, 0.1) is 0 Å². The van der Waals surface area contributed by atoms with Crippen molar-refractivity contribution in [3.63, 3.8) is 0 Å². The fourth-order valence-corrected chi connectivity index (χ4v) is 2.74. The molecule has 0 atom stereocenters. The molecular formula is C16H15ClN4O5. The third-order valence-corrected chi connectivity index (χ3v) is 3.96. The van der Waals surface area contributed by atoms with Crippen LogP contribution in [0.1, 0.15) is 0 Å². The second kappa shape index (κ2) is 7.54. The van der Waals surface area contributed by atoms with E-state index in [0.29, 0.717) is 16.4 Å². The smallest absolute Gasteiger partial charge is 0.355 e. The van der Waals surface area contributed by atoms with Crippen molar-refractivity contribution < 1.29 is 23.8 Å². The van der Waals surface area contributed by atoms with Gasteiger partial charge in [-0.3, -0.25) is 0 Å². The summed E-state index contributed by atoms with van der Waals surface area (Å²) in [5, 5.41) is 4.53. The Kier molecular flexibility index (Phi) is 5.19. The molecule has 0 saturated heterocycles. The molecule has 3 rings (SSSR count). The predicted octanol–water partition coefficient (Wildman–Crippen LogP) is 1.31. The van der Waals surface area contributed by atoms with Crippen LogP contribution in [0.5, 0.6) is 0 Å². The van der Waals surface area contributed by atoms with Gasteiger partial charge in [0.15, 0.2) is 0 Å². The second-order valence-corrected chi connectivity index (χ2v) is 5.63. The van der Waals surface area contributed by atoms with Gasteiger partial charge in [-0.25, -0.2) is 19.3 Å². The second-order valence-electron chi connectivity index (χ2n) is 5.19. The molecule has 2 aromatic rings. The fraction of sp³-hybridized carbons (Fsp3) is 0.250. The number of carbonyl (C=O) groups excluding carboxylic acids is 2. The minimum atomic E-state index is -0.696. The lowest BCUT2D eigenvalue weighted by molar-refractivity contribution is -0.140. The Balaban J connectivity index is 2.20. The van der Waals surface area contributed by atoms with Gasteiger partial charge < -0.3 is 19.1 Å². The summed E-state index contributed by atoms with van der Waals surface area (Å²) in [4.78, 5) is 29.9. The van der Waals surface area contributed by atoms with Crippen LogP contribution < -0.4 is 4.90 Å². The average Bonchev–Trinajstić information content (AvgIpc) is 3.20. The van der Waals surface area contributed by atoms with Gasteiger partial charge in [0.1, 0.15) is 25.1 Å². The first-order valence-corrected chi connectivity index (χ1v) is 7.84. The van der Waals surface area contributed by atoms with E-state index in [2.05, 4.69) is 10.1 Å². The third kappa shape index (κ3) is 3.26. The number of benzene rings is 1. The summed E-state index contributed by atoms with van der Waals surface area (Å²) in [7, 11) is 2.46. The third-order valence-electron chi connectivity index (χ3n) is 3.73. The molecule has 26 heavy (non-hydrogen) atoms. The highest BCUT2D eigenvalue weighted by Gasteiger charge is 2.33. The van der Waals surface area contributed by atoms with Crippen LogP contribution in [0.3, 0.4) is 0 Å². The van der Waals surface area contributed by atoms with Gasteiger partial charge >= 0.3 is 11.9 Å². The van der Waals surface area contributed by atoms with Crippen LogP contribution in [0.2, 0.25) is 5.02 Å². The number of hydrogen-bond acceptors (Lipinski definition) is 8. The summed E-state index contributed by atoms with van der Waals surface area (Å²) in [6, 6.07) is 5.02. The minimum Gasteiger partial charge on any atom is -0.466 e. The highest BCUT2D eigenvalue weighted by molar-refractivity contribution is 6.31. The maximum absolute atomic E-state index is 12.4. The summed E-state index contributed by atoms with van der Waals surface area (Å²) < 4.78 is 16.6. The fourth-order valence-electron chi connectivity index (χ4n) is 2.57. The van der Waals surface area contributed by atoms with E-state index in [-0.39, 0.29) is 24.6 Å². The van der Waals surface area contributed by atoms with Crippen LogP contribution in [0.15, 0.2) is 42.1 Å². The maximum Gasteiger partial charge on any atom is 0.355 e. The number of nitrogens with zero attached hydrogens (tertiary/aromatic N) is 4. The summed E-state index contributed by atoms with van der Waals surface area (Å²) in [6.07, 6.45) is 2.88. The van der Waals surface area contributed by atoms with Crippen molar-refractivity contribution in [2.75, 3.05) is 32.5 Å². The molecule has 1 aliphatic heterocycles. The molecule has 10 heteroatoms. The maximum atomic E-state index is 12.4. The van der Waals surface area contributed by atoms with Gasteiger partial charge in [0.05, 0.1) is 37.8 Å². The van der Waals surface area contributed by atoms with Crippen LogP contribution in [0.25, 0.3) is 5.69 Å². The van der Waals surface area contributed by atoms with Crippen molar-refractivity contribution in [2.45, 2.75) is 0 Å². The number of methoxy groups -OCH3 is 2. The van der Waals surface area contributed by atoms with E-state index in [9.17, 15) is 9.59 Å². The van der Waals surface area contributed by atoms with E-state index in [1.807, 2.05) is 0 Å². The average molecular weight is 379 g/mol. The molecule has 136 valence electrons. The van der Waals surface area contributed by atoms with Crippen molar-refractivity contribution in [2.24, 2.45) is 0 Å². The molecule has 0 bridgehead atoms. The Bertz CT molecular complexity index is 866. The molecule has 0 N–H and O–H groups in total. The summed E-state index contributed by atoms with van der Waals surface area (Å²) in [6.45, 7) is -0.0696. The van der Waals surface area contributed by atoms with Gasteiger partial charge in [0, 0.05) is 5.02 Å². The monoisotopic (exact) mass is 378 g/mol. The molecule has 0 spiro atoms. The minimum absolute atomic E-state index is 0.00691. The number of halogens is 1. The topological polar surface area (TPSA) is 95.8 Å². The normalized spacial score (nSPS) is 14.3. The predicted molar refractivity (Wildman–Crippen MR) is 90.7 cm³/mol. The number of rotatable bonds is 4. The Morgan fingerprint density at radius 2 is 1.96 bits per heavy atom. The number of ether oxygens (including phenoxy) is 3. The quantitative estimate of drug-likeness (QED) is 0.735. The molecule has 0 saturated carbocycles. The number of carbonyl (C=O) groups is 2. The zero-order valence-corrected chi connectivity index (χ0v) is 14.8. The van der Waals surface area contributed by atoms with Gasteiger partial charge in [-0.2, -0.15) is 5.10 Å². The molecule has 9 nitrogen and oxygen atoms in total. The molecule has 1 aromatic heterocycles. The van der Waals surface area contributed by atoms with E-state index in [1.54, 1.807) is 18.2 Å². The van der Waals surface area contributed by atoms with Crippen molar-refractivity contribution in [3.8, 4) is 5.69 Å². The van der Waals surface area contributed by atoms with E-state index < -0.39 is 11.9 Å². The van der Waals surface area contributed by atoms with Crippen LogP contribution in [-0.4, -0.2) is 54.3 Å². The Morgan fingerprint density at radius 1 is 1.19 bits per heavy atom. The molecule has 0 aliphatic carbocycles. The van der Waals surface area contributed by atoms with Crippen LogP contribution in [-0.2, 0) is 23.8 Å². The molecule has 0 amide bonds. The van der Waals surface area contributed by atoms with Gasteiger partial charge in [-0.05, 0) is 18.2 Å². The molecule has 0 radical (unpaired) electrons. The van der Waals surface area contributed by atoms with E-state index in [0.717, 1.165) is 0 Å². The number of anilines is 1. The van der Waals surface area contributed by atoms with E-state index in [1.165, 1.54) is 36.5 Å². The van der Waals surface area contributed by atoms with Crippen molar-refractivity contribution in [3.05, 3.63) is 47.1 Å². The Hall–Kier alpha value is -2.91. The zero-order chi connectivity index (χ0) is 18.7. The first-order valence-electron chi connectivity index (χ1n) is 7.46. The Morgan fingerprint density at radius 3 is 2.62 bits per heavy atom. The van der Waals surface area contributed by atoms with Gasteiger partial charge in [0.25, 0.3) is 0 Å². The Labute approximate surface area is 153 Å². The van der Waals surface area contributed by atoms with Gasteiger partial charge in [-0.1, -0.05) is 11.6 Å². The SMILES string of the molecule is COC(=O)C1=C(C(=O)OC)N(c2cc(Cl)ccc2-n2cncn2)COC1. The molecule has 0 fully saturated rings. The van der Waals surface area contributed by atoms with Crippen LogP contribution >= 0.6 is 11.6 Å². The van der Waals surface area contributed by atoms with E-state index in [4.69, 9.17) is 25.8 Å². The summed E-state index contributed by atoms with van der Waals surface area (Å²) >= 11 is 6.15. The number of esters is 2. The molecule has 1 aromatic carbocycles. The number of hydrogen-bond donors (Lipinski definition) is 0. The molecular weight excluding hydrogens is 364 g/mol. The highest BCUT2D eigenvalue weighted by Crippen LogP contribution is 2.33. The van der Waals surface area contributed by atoms with Crippen LogP contribution in [0.4, 0.5) is 5.69 Å². The largest absolute Gasteiger partial charge is 0.466 e. The summed E-state index contributed by atoms with van der Waals surface area (Å²) in [5.41, 5.74) is 1.15. The van der Waals surface area contributed by atoms with Crippen molar-refractivity contribution in [1.29, 1.82) is 0 Å². The molecule has 1 aliphatic rings. The first-order chi connectivity index (χ1) is 12.6. The lowest BCUT2D eigenvalue weighted by Crippen LogP contribution is -2.39. The zero-order valence-electron chi connectivity index (χ0n) is 14.0. The van der Waals surface area contributed by atoms with Crippen molar-refractivity contribution in [1.82, 2.24) is 14.8 Å². The van der Waals surface area contributed by atoms with Gasteiger partial charge in [0.2, 0.25) is 0 Å². The number of aromatic nitrogens is 3. The summed E-state index contributed by atoms with van der Waals surface area (Å²) in [5.74, 6) is -1.38. The van der Waals surface area contributed by atoms with Crippen molar-refractivity contribution >= 4 is 29.2 Å². The lowest BCUT2D eigenvalue weighted by atomic mass is 10.1. The lowest BCUT2D eigenvalue weighted by Gasteiger charge is -2.32. The molecule has 0 unspecified atom stereocenters. The highest BCUT2D eigenvalue weighted by atomic mass is 35.5. The first kappa shape index (κ1) is 17.9. The van der Waals surface area contributed by atoms with E-state index >= 15 is 0 Å². The standard InChI is InChI=1S/C16H15ClN4O5/c1-24-15(22)11-6-26-9-20(14(11)16(23)25-2)13-5-10(17)3-4-12(13)21-8-18-7-19-21/h3-5,7-8H,6,9H2,1-2H3. The molecule has 2 heterocycles. The van der Waals surface area contributed by atoms with Gasteiger partial charge in [-0.15, -0.1) is 0 Å².